The fourth-order valence-electron chi connectivity index (χ4n) is 6.91. The number of hydrogen-bond donors (Lipinski definition) is 1. The molecule has 0 aromatic heterocycles. The van der Waals surface area contributed by atoms with E-state index in [-0.39, 0.29) is 22.6 Å². The molecule has 1 aromatic rings. The predicted molar refractivity (Wildman–Crippen MR) is 104 cm³/mol. The standard InChI is InChI=1S/C22H24N2O5/c1-12(25)18-19(16-2-4-17(5-3-16)24(28)29)23(21(27)20(18)26)22-9-13-6-14(10-22)8-15(7-13)11-22/h2-5,13-15,19,26H,6-11H2,1H3/t13?,14?,15?,19-,22?/m0/s1. The van der Waals surface area contributed by atoms with Crippen molar-refractivity contribution >= 4 is 17.4 Å². The number of non-ortho nitro benzene ring substituents is 1. The van der Waals surface area contributed by atoms with Crippen LogP contribution >= 0.6 is 0 Å². The van der Waals surface area contributed by atoms with Crippen LogP contribution in [0.5, 0.6) is 0 Å². The van der Waals surface area contributed by atoms with Crippen LogP contribution in [0.2, 0.25) is 0 Å². The van der Waals surface area contributed by atoms with Crippen molar-refractivity contribution in [3.63, 3.8) is 0 Å². The minimum atomic E-state index is -0.683. The number of aliphatic hydroxyl groups is 1. The second kappa shape index (κ2) is 6.15. The lowest BCUT2D eigenvalue weighted by atomic mass is 9.52. The van der Waals surface area contributed by atoms with Crippen LogP contribution in [0.15, 0.2) is 35.6 Å². The molecule has 0 unspecified atom stereocenters. The lowest BCUT2D eigenvalue weighted by Gasteiger charge is -2.60. The van der Waals surface area contributed by atoms with Gasteiger partial charge in [0.15, 0.2) is 11.5 Å². The molecule has 4 saturated carbocycles. The average Bonchev–Trinajstić information content (AvgIpc) is 2.92. The molecule has 0 radical (unpaired) electrons. The van der Waals surface area contributed by atoms with Crippen LogP contribution in [-0.2, 0) is 9.59 Å². The number of aliphatic hydroxyl groups excluding tert-OH is 1. The average molecular weight is 396 g/mol. The van der Waals surface area contributed by atoms with E-state index in [0.29, 0.717) is 23.3 Å². The summed E-state index contributed by atoms with van der Waals surface area (Å²) in [5.74, 6) is 0.503. The zero-order valence-corrected chi connectivity index (χ0v) is 16.3. The summed E-state index contributed by atoms with van der Waals surface area (Å²) < 4.78 is 0. The Hall–Kier alpha value is -2.70. The van der Waals surface area contributed by atoms with Gasteiger partial charge in [-0.25, -0.2) is 0 Å². The zero-order valence-electron chi connectivity index (χ0n) is 16.3. The number of hydrogen-bond acceptors (Lipinski definition) is 5. The first kappa shape index (κ1) is 18.3. The van der Waals surface area contributed by atoms with Gasteiger partial charge in [-0.2, -0.15) is 0 Å². The summed E-state index contributed by atoms with van der Waals surface area (Å²) in [4.78, 5) is 38.0. The van der Waals surface area contributed by atoms with E-state index in [1.807, 2.05) is 0 Å². The number of nitrogens with zero attached hydrogens (tertiary/aromatic N) is 2. The van der Waals surface area contributed by atoms with Crippen molar-refractivity contribution in [1.29, 1.82) is 0 Å². The van der Waals surface area contributed by atoms with Crippen molar-refractivity contribution in [2.45, 2.75) is 57.0 Å². The fourth-order valence-corrected chi connectivity index (χ4v) is 6.91. The van der Waals surface area contributed by atoms with Gasteiger partial charge < -0.3 is 10.0 Å². The highest BCUT2D eigenvalue weighted by Gasteiger charge is 2.59. The minimum Gasteiger partial charge on any atom is -0.503 e. The zero-order chi connectivity index (χ0) is 20.5. The van der Waals surface area contributed by atoms with Crippen molar-refractivity contribution in [1.82, 2.24) is 4.90 Å². The van der Waals surface area contributed by atoms with E-state index >= 15 is 0 Å². The summed E-state index contributed by atoms with van der Waals surface area (Å²) in [7, 11) is 0. The third kappa shape index (κ3) is 2.63. The Labute approximate surface area is 168 Å². The van der Waals surface area contributed by atoms with Gasteiger partial charge in [0.05, 0.1) is 16.5 Å². The molecule has 152 valence electrons. The lowest BCUT2D eigenvalue weighted by molar-refractivity contribution is -0.384. The summed E-state index contributed by atoms with van der Waals surface area (Å²) in [5.41, 5.74) is 0.356. The van der Waals surface area contributed by atoms with Crippen LogP contribution in [0.3, 0.4) is 0 Å². The number of benzene rings is 1. The van der Waals surface area contributed by atoms with Crippen molar-refractivity contribution < 1.29 is 19.6 Å². The highest BCUT2D eigenvalue weighted by atomic mass is 16.6. The fraction of sp³-hybridized carbons (Fsp3) is 0.545. The molecule has 5 aliphatic rings. The van der Waals surface area contributed by atoms with Crippen molar-refractivity contribution in [2.24, 2.45) is 17.8 Å². The molecule has 4 fully saturated rings. The first-order valence-corrected chi connectivity index (χ1v) is 10.3. The number of Topliss-reactive ketones (excluding diaryl/α,β-unsaturated/α-hetero) is 1. The molecule has 4 bridgehead atoms. The molecule has 1 heterocycles. The third-order valence-corrected chi connectivity index (χ3v) is 7.52. The van der Waals surface area contributed by atoms with Gasteiger partial charge in [0.25, 0.3) is 11.6 Å². The molecular formula is C22H24N2O5. The Kier molecular flexibility index (Phi) is 3.89. The maximum Gasteiger partial charge on any atom is 0.290 e. The van der Waals surface area contributed by atoms with E-state index in [4.69, 9.17) is 0 Å². The molecule has 7 nitrogen and oxygen atoms in total. The molecule has 29 heavy (non-hydrogen) atoms. The molecule has 4 aliphatic carbocycles. The second-order valence-electron chi connectivity index (χ2n) is 9.39. The van der Waals surface area contributed by atoms with Crippen LogP contribution in [0, 0.1) is 27.9 Å². The van der Waals surface area contributed by atoms with Gasteiger partial charge in [0, 0.05) is 17.7 Å². The van der Waals surface area contributed by atoms with Crippen LogP contribution < -0.4 is 0 Å². The van der Waals surface area contributed by atoms with Gasteiger partial charge in [-0.1, -0.05) is 0 Å². The SMILES string of the molecule is CC(=O)C1=C(O)C(=O)N(C23CC4CC(CC(C4)C2)C3)[C@H]1c1ccc([N+](=O)[O-])cc1. The van der Waals surface area contributed by atoms with E-state index < -0.39 is 22.6 Å². The normalized spacial score (nSPS) is 35.5. The molecule has 1 aromatic carbocycles. The Morgan fingerprint density at radius 2 is 1.62 bits per heavy atom. The van der Waals surface area contributed by atoms with E-state index in [0.717, 1.165) is 19.3 Å². The number of carbonyl (C=O) groups excluding carboxylic acids is 2. The van der Waals surface area contributed by atoms with Gasteiger partial charge in [0.1, 0.15) is 0 Å². The Bertz CT molecular complexity index is 913. The number of carbonyl (C=O) groups is 2. The number of rotatable bonds is 4. The summed E-state index contributed by atoms with van der Waals surface area (Å²) in [6, 6.07) is 5.31. The minimum absolute atomic E-state index is 0.0444. The maximum atomic E-state index is 13.3. The van der Waals surface area contributed by atoms with Gasteiger partial charge >= 0.3 is 0 Å². The molecule has 1 N–H and O–H groups in total. The summed E-state index contributed by atoms with van der Waals surface area (Å²) in [5, 5.41) is 21.7. The molecule has 0 spiro atoms. The summed E-state index contributed by atoms with van der Waals surface area (Å²) in [6.07, 6.45) is 6.36. The van der Waals surface area contributed by atoms with Gasteiger partial charge in [-0.3, -0.25) is 19.7 Å². The second-order valence-corrected chi connectivity index (χ2v) is 9.39. The summed E-state index contributed by atoms with van der Waals surface area (Å²) >= 11 is 0. The Morgan fingerprint density at radius 1 is 1.10 bits per heavy atom. The van der Waals surface area contributed by atoms with E-state index in [2.05, 4.69) is 0 Å². The highest BCUT2D eigenvalue weighted by Crippen LogP contribution is 2.60. The quantitative estimate of drug-likeness (QED) is 0.615. The first-order chi connectivity index (χ1) is 13.8. The Morgan fingerprint density at radius 3 is 2.07 bits per heavy atom. The van der Waals surface area contributed by atoms with Crippen LogP contribution in [-0.4, -0.2) is 32.2 Å². The number of nitro groups is 1. The number of ketones is 1. The molecular weight excluding hydrogens is 372 g/mol. The topological polar surface area (TPSA) is 101 Å². The highest BCUT2D eigenvalue weighted by molar-refractivity contribution is 6.08. The van der Waals surface area contributed by atoms with Gasteiger partial charge in [-0.15, -0.1) is 0 Å². The Balaban J connectivity index is 1.61. The molecule has 0 saturated heterocycles. The predicted octanol–water partition coefficient (Wildman–Crippen LogP) is 3.85. The van der Waals surface area contributed by atoms with E-state index in [9.17, 15) is 24.8 Å². The van der Waals surface area contributed by atoms with Crippen molar-refractivity contribution in [2.75, 3.05) is 0 Å². The molecule has 7 heteroatoms. The first-order valence-electron chi connectivity index (χ1n) is 10.3. The van der Waals surface area contributed by atoms with Gasteiger partial charge in [0.2, 0.25) is 0 Å². The van der Waals surface area contributed by atoms with Gasteiger partial charge in [-0.05, 0) is 80.9 Å². The maximum absolute atomic E-state index is 13.3. The van der Waals surface area contributed by atoms with Crippen LogP contribution in [0.1, 0.15) is 57.1 Å². The molecule has 1 atom stereocenters. The lowest BCUT2D eigenvalue weighted by Crippen LogP contribution is -2.61. The largest absolute Gasteiger partial charge is 0.503 e. The van der Waals surface area contributed by atoms with Crippen LogP contribution in [0.25, 0.3) is 0 Å². The molecule has 1 aliphatic heterocycles. The number of nitro benzene ring substituents is 1. The van der Waals surface area contributed by atoms with Crippen molar-refractivity contribution in [3.8, 4) is 0 Å². The molecule has 1 amide bonds. The molecule has 6 rings (SSSR count). The smallest absolute Gasteiger partial charge is 0.290 e. The summed E-state index contributed by atoms with van der Waals surface area (Å²) in [6.45, 7) is 1.36. The third-order valence-electron chi connectivity index (χ3n) is 7.52. The number of amides is 1. The van der Waals surface area contributed by atoms with Crippen LogP contribution in [0.4, 0.5) is 5.69 Å². The van der Waals surface area contributed by atoms with E-state index in [1.54, 1.807) is 17.0 Å². The monoisotopic (exact) mass is 396 g/mol. The van der Waals surface area contributed by atoms with Crippen molar-refractivity contribution in [3.05, 3.63) is 51.3 Å². The van der Waals surface area contributed by atoms with E-state index in [1.165, 1.54) is 38.3 Å².